The van der Waals surface area contributed by atoms with Gasteiger partial charge in [0, 0.05) is 5.39 Å². The van der Waals surface area contributed by atoms with Crippen LogP contribution in [0.25, 0.3) is 16.5 Å². The van der Waals surface area contributed by atoms with Crippen LogP contribution in [0.1, 0.15) is 45.1 Å². The van der Waals surface area contributed by atoms with Gasteiger partial charge < -0.3 is 4.74 Å². The smallest absolute Gasteiger partial charge is 0.316 e. The minimum atomic E-state index is -0.499. The first-order chi connectivity index (χ1) is 13.3. The fourth-order valence-corrected chi connectivity index (χ4v) is 4.57. The van der Waals surface area contributed by atoms with Gasteiger partial charge in [-0.3, -0.25) is 9.36 Å². The molecule has 0 saturated heterocycles. The topological polar surface area (TPSA) is 57.0 Å². The van der Waals surface area contributed by atoms with Crippen LogP contribution >= 0.6 is 27.7 Å². The Morgan fingerprint density at radius 2 is 1.89 bits per heavy atom. The van der Waals surface area contributed by atoms with Crippen LogP contribution in [-0.4, -0.2) is 32.1 Å². The SMILES string of the molecule is CC(C)(C)OC(=O)CSc1nnc(Br)n1-c1ccc(C2CC2)c2ccccc12. The number of hydrogen-bond donors (Lipinski definition) is 0. The van der Waals surface area contributed by atoms with E-state index in [2.05, 4.69) is 56.5 Å². The third-order valence-corrected chi connectivity index (χ3v) is 5.94. The molecular weight excluding hydrogens is 438 g/mol. The lowest BCUT2D eigenvalue weighted by atomic mass is 9.99. The number of fused-ring (bicyclic) bond motifs is 1. The molecule has 1 saturated carbocycles. The van der Waals surface area contributed by atoms with Crippen molar-refractivity contribution in [2.24, 2.45) is 0 Å². The van der Waals surface area contributed by atoms with Gasteiger partial charge in [-0.05, 0) is 72.5 Å². The van der Waals surface area contributed by atoms with Gasteiger partial charge >= 0.3 is 5.97 Å². The van der Waals surface area contributed by atoms with Crippen molar-refractivity contribution in [3.8, 4) is 5.69 Å². The fourth-order valence-electron chi connectivity index (χ4n) is 3.29. The number of nitrogens with zero attached hydrogens (tertiary/aromatic N) is 3. The number of halogens is 1. The van der Waals surface area contributed by atoms with E-state index in [1.807, 2.05) is 31.4 Å². The number of rotatable bonds is 5. The third kappa shape index (κ3) is 4.10. The molecule has 1 aromatic heterocycles. The highest BCUT2D eigenvalue weighted by Crippen LogP contribution is 2.44. The lowest BCUT2D eigenvalue weighted by molar-refractivity contribution is -0.151. The minimum Gasteiger partial charge on any atom is -0.459 e. The van der Waals surface area contributed by atoms with Crippen molar-refractivity contribution < 1.29 is 9.53 Å². The monoisotopic (exact) mass is 459 g/mol. The Hall–Kier alpha value is -1.86. The highest BCUT2D eigenvalue weighted by Gasteiger charge is 2.26. The van der Waals surface area contributed by atoms with Crippen molar-refractivity contribution in [2.45, 2.75) is 50.3 Å². The van der Waals surface area contributed by atoms with Crippen LogP contribution in [0.2, 0.25) is 0 Å². The molecule has 3 aromatic rings. The predicted molar refractivity (Wildman–Crippen MR) is 115 cm³/mol. The summed E-state index contributed by atoms with van der Waals surface area (Å²) in [4.78, 5) is 12.1. The van der Waals surface area contributed by atoms with Crippen LogP contribution in [0, 0.1) is 0 Å². The van der Waals surface area contributed by atoms with Gasteiger partial charge in [0.25, 0.3) is 0 Å². The van der Waals surface area contributed by atoms with E-state index in [9.17, 15) is 4.79 Å². The molecule has 1 fully saturated rings. The summed E-state index contributed by atoms with van der Waals surface area (Å²) in [6.45, 7) is 5.59. The Bertz CT molecular complexity index is 1040. The Morgan fingerprint density at radius 1 is 1.18 bits per heavy atom. The average Bonchev–Trinajstić information content (AvgIpc) is 3.41. The van der Waals surface area contributed by atoms with Crippen LogP contribution in [0.15, 0.2) is 46.3 Å². The molecule has 0 aliphatic heterocycles. The van der Waals surface area contributed by atoms with Crippen molar-refractivity contribution in [1.82, 2.24) is 14.8 Å². The summed E-state index contributed by atoms with van der Waals surface area (Å²) in [7, 11) is 0. The molecule has 0 unspecified atom stereocenters. The first kappa shape index (κ1) is 19.5. The van der Waals surface area contributed by atoms with E-state index in [0.29, 0.717) is 15.8 Å². The summed E-state index contributed by atoms with van der Waals surface area (Å²) in [5.41, 5.74) is 1.91. The molecule has 1 aliphatic rings. The van der Waals surface area contributed by atoms with Crippen LogP contribution in [0.3, 0.4) is 0 Å². The number of ether oxygens (including phenoxy) is 1. The standard InChI is InChI=1S/C21H22BrN3O2S/c1-21(2,3)27-18(26)12-28-20-24-23-19(22)25(20)17-11-10-14(13-8-9-13)15-6-4-5-7-16(15)17/h4-7,10-11,13H,8-9,12H2,1-3H3. The molecule has 0 N–H and O–H groups in total. The third-order valence-electron chi connectivity index (χ3n) is 4.53. The van der Waals surface area contributed by atoms with E-state index in [1.165, 1.54) is 35.6 Å². The first-order valence-corrected chi connectivity index (χ1v) is 11.1. The largest absolute Gasteiger partial charge is 0.459 e. The summed E-state index contributed by atoms with van der Waals surface area (Å²) in [5, 5.41) is 11.5. The van der Waals surface area contributed by atoms with Gasteiger partial charge in [-0.15, -0.1) is 10.2 Å². The number of carbonyl (C=O) groups is 1. The van der Waals surface area contributed by atoms with Crippen molar-refractivity contribution in [1.29, 1.82) is 0 Å². The van der Waals surface area contributed by atoms with Gasteiger partial charge in [0.1, 0.15) is 5.60 Å². The quantitative estimate of drug-likeness (QED) is 0.372. The maximum atomic E-state index is 12.1. The summed E-state index contributed by atoms with van der Waals surface area (Å²) in [6, 6.07) is 12.8. The van der Waals surface area contributed by atoms with Crippen molar-refractivity contribution >= 4 is 44.4 Å². The molecule has 2 aromatic carbocycles. The van der Waals surface area contributed by atoms with Crippen molar-refractivity contribution in [2.75, 3.05) is 5.75 Å². The van der Waals surface area contributed by atoms with Gasteiger partial charge in [0.15, 0.2) is 5.16 Å². The highest BCUT2D eigenvalue weighted by molar-refractivity contribution is 9.10. The lowest BCUT2D eigenvalue weighted by Gasteiger charge is -2.19. The molecule has 0 amide bonds. The molecular formula is C21H22BrN3O2S. The first-order valence-electron chi connectivity index (χ1n) is 9.31. The Labute approximate surface area is 177 Å². The van der Waals surface area contributed by atoms with Gasteiger partial charge in [-0.1, -0.05) is 42.1 Å². The number of thioether (sulfide) groups is 1. The molecule has 1 heterocycles. The Balaban J connectivity index is 1.68. The van der Waals surface area contributed by atoms with Gasteiger partial charge in [-0.25, -0.2) is 0 Å². The van der Waals surface area contributed by atoms with E-state index in [4.69, 9.17) is 4.74 Å². The number of carbonyl (C=O) groups excluding carboxylic acids is 1. The number of aromatic nitrogens is 3. The van der Waals surface area contributed by atoms with Crippen molar-refractivity contribution in [3.63, 3.8) is 0 Å². The summed E-state index contributed by atoms with van der Waals surface area (Å²) in [6.07, 6.45) is 2.52. The van der Waals surface area contributed by atoms with E-state index in [1.54, 1.807) is 0 Å². The molecule has 28 heavy (non-hydrogen) atoms. The van der Waals surface area contributed by atoms with Gasteiger partial charge in [0.2, 0.25) is 4.73 Å². The normalized spacial score (nSPS) is 14.4. The summed E-state index contributed by atoms with van der Waals surface area (Å²) < 4.78 is 7.97. The number of esters is 1. The second kappa shape index (κ2) is 7.52. The molecule has 146 valence electrons. The van der Waals surface area contributed by atoms with Crippen LogP contribution in [-0.2, 0) is 9.53 Å². The van der Waals surface area contributed by atoms with Crippen LogP contribution in [0.4, 0.5) is 0 Å². The second-order valence-corrected chi connectivity index (χ2v) is 9.61. The molecule has 0 bridgehead atoms. The summed E-state index contributed by atoms with van der Waals surface area (Å²) in [5.74, 6) is 0.585. The maximum absolute atomic E-state index is 12.1. The Kier molecular flexibility index (Phi) is 5.22. The van der Waals surface area contributed by atoms with E-state index >= 15 is 0 Å². The summed E-state index contributed by atoms with van der Waals surface area (Å²) >= 11 is 4.84. The van der Waals surface area contributed by atoms with Gasteiger partial charge in [-0.2, -0.15) is 0 Å². The van der Waals surface area contributed by atoms with E-state index in [0.717, 1.165) is 11.1 Å². The molecule has 7 heteroatoms. The predicted octanol–water partition coefficient (Wildman–Crippen LogP) is 5.49. The lowest BCUT2D eigenvalue weighted by Crippen LogP contribution is -2.25. The molecule has 0 spiro atoms. The highest BCUT2D eigenvalue weighted by atomic mass is 79.9. The zero-order valence-electron chi connectivity index (χ0n) is 16.1. The molecule has 0 radical (unpaired) electrons. The molecule has 0 atom stereocenters. The Morgan fingerprint density at radius 3 is 2.57 bits per heavy atom. The number of benzene rings is 2. The molecule has 5 nitrogen and oxygen atoms in total. The molecule has 4 rings (SSSR count). The molecule has 1 aliphatic carbocycles. The van der Waals surface area contributed by atoms with E-state index < -0.39 is 5.60 Å². The minimum absolute atomic E-state index is 0.181. The fraction of sp³-hybridized carbons (Fsp3) is 0.381. The van der Waals surface area contributed by atoms with Crippen molar-refractivity contribution in [3.05, 3.63) is 46.7 Å². The van der Waals surface area contributed by atoms with Crippen LogP contribution in [0.5, 0.6) is 0 Å². The second-order valence-electron chi connectivity index (χ2n) is 7.96. The number of hydrogen-bond acceptors (Lipinski definition) is 5. The maximum Gasteiger partial charge on any atom is 0.316 e. The zero-order chi connectivity index (χ0) is 19.9. The van der Waals surface area contributed by atoms with Gasteiger partial charge in [0.05, 0.1) is 11.4 Å². The zero-order valence-corrected chi connectivity index (χ0v) is 18.5. The average molecular weight is 460 g/mol. The van der Waals surface area contributed by atoms with Crippen LogP contribution < -0.4 is 0 Å². The van der Waals surface area contributed by atoms with E-state index in [-0.39, 0.29) is 11.7 Å².